The van der Waals surface area contributed by atoms with Crippen molar-refractivity contribution in [2.75, 3.05) is 7.11 Å². The monoisotopic (exact) mass is 328 g/mol. The number of benzene rings is 2. The predicted molar refractivity (Wildman–Crippen MR) is 89.9 cm³/mol. The molecule has 0 N–H and O–H groups in total. The number of methoxy groups -OCH3 is 1. The number of rotatable bonds is 4. The van der Waals surface area contributed by atoms with E-state index in [-0.39, 0.29) is 11.5 Å². The molecule has 0 saturated heterocycles. The van der Waals surface area contributed by atoms with E-state index >= 15 is 0 Å². The van der Waals surface area contributed by atoms with Crippen LogP contribution in [0.15, 0.2) is 72.5 Å². The third kappa shape index (κ3) is 3.90. The van der Waals surface area contributed by atoms with Crippen molar-refractivity contribution in [3.8, 4) is 5.75 Å². The summed E-state index contributed by atoms with van der Waals surface area (Å²) in [5.41, 5.74) is 1.40. The van der Waals surface area contributed by atoms with E-state index in [1.165, 1.54) is 12.2 Å². The Bertz CT molecular complexity index is 797. The standard InChI is InChI=1S/C18H15BF2O3/c1-22-16-10-7-14(8-11-16)9-12-17-13-18(24-19(20,21)23-17)15-5-3-2-4-6-15/h2-13H,1H3/b12-9+. The molecule has 2 aromatic carbocycles. The van der Waals surface area contributed by atoms with Crippen LogP contribution in [0.1, 0.15) is 15.5 Å². The Morgan fingerprint density at radius 1 is 1.00 bits per heavy atom. The Labute approximate surface area is 138 Å². The van der Waals surface area contributed by atoms with Gasteiger partial charge in [-0.25, -0.2) is 0 Å². The largest absolute Gasteiger partial charge is 0.995 e. The van der Waals surface area contributed by atoms with Gasteiger partial charge in [-0.05, 0) is 35.9 Å². The van der Waals surface area contributed by atoms with Gasteiger partial charge in [-0.15, -0.1) is 0 Å². The Hall–Kier alpha value is -2.89. The Kier molecular flexibility index (Phi) is 4.47. The number of carbonyl (C=O) groups excluding carboxylic acids is 1. The highest BCUT2D eigenvalue weighted by atomic mass is 19.3. The first kappa shape index (κ1) is 16.0. The Morgan fingerprint density at radius 3 is 2.38 bits per heavy atom. The van der Waals surface area contributed by atoms with Gasteiger partial charge in [0.05, 0.1) is 24.5 Å². The molecule has 0 saturated carbocycles. The number of ketones is 1. The van der Waals surface area contributed by atoms with Crippen molar-refractivity contribution in [2.45, 2.75) is 0 Å². The lowest BCUT2D eigenvalue weighted by Gasteiger charge is -2.17. The van der Waals surface area contributed by atoms with E-state index < -0.39 is 7.11 Å². The fourth-order valence-electron chi connectivity index (χ4n) is 2.26. The highest BCUT2D eigenvalue weighted by Gasteiger charge is 2.52. The van der Waals surface area contributed by atoms with Crippen LogP contribution in [-0.4, -0.2) is 20.0 Å². The van der Waals surface area contributed by atoms with Gasteiger partial charge in [-0.3, -0.25) is 0 Å². The van der Waals surface area contributed by atoms with Gasteiger partial charge in [0.1, 0.15) is 5.75 Å². The van der Waals surface area contributed by atoms with E-state index in [1.807, 2.05) is 12.1 Å². The van der Waals surface area contributed by atoms with E-state index in [4.69, 9.17) is 4.74 Å². The molecule has 0 aromatic heterocycles. The molecule has 1 aliphatic heterocycles. The van der Waals surface area contributed by atoms with Gasteiger partial charge in [0, 0.05) is 0 Å². The zero-order valence-corrected chi connectivity index (χ0v) is 13.0. The minimum atomic E-state index is -4.39. The molecule has 6 heteroatoms. The fraction of sp³-hybridized carbons (Fsp3) is 0.0556. The van der Waals surface area contributed by atoms with Crippen molar-refractivity contribution < 1.29 is 22.4 Å². The third-order valence-corrected chi connectivity index (χ3v) is 3.42. The summed E-state index contributed by atoms with van der Waals surface area (Å²) >= 11 is 0. The molecule has 0 bridgehead atoms. The van der Waals surface area contributed by atoms with Crippen molar-refractivity contribution in [1.82, 2.24) is 0 Å². The maximum Gasteiger partial charge on any atom is 0.995 e. The van der Waals surface area contributed by atoms with Gasteiger partial charge < -0.3 is 22.4 Å². The number of hydrogen-bond acceptors (Lipinski definition) is 2. The van der Waals surface area contributed by atoms with Gasteiger partial charge in [-0.2, -0.15) is 0 Å². The molecule has 2 aromatic rings. The van der Waals surface area contributed by atoms with Gasteiger partial charge >= 0.3 is 7.11 Å². The van der Waals surface area contributed by atoms with Crippen LogP contribution in [0.2, 0.25) is 0 Å². The van der Waals surface area contributed by atoms with E-state index in [2.05, 4.69) is 9.00 Å². The lowest BCUT2D eigenvalue weighted by atomic mass is 10.1. The quantitative estimate of drug-likeness (QED) is 0.614. The van der Waals surface area contributed by atoms with Crippen molar-refractivity contribution in [3.05, 3.63) is 83.6 Å². The van der Waals surface area contributed by atoms with Crippen LogP contribution < -0.4 is 4.74 Å². The van der Waals surface area contributed by atoms with Crippen LogP contribution >= 0.6 is 0 Å². The van der Waals surface area contributed by atoms with Gasteiger partial charge in [0.25, 0.3) is 5.78 Å². The van der Waals surface area contributed by atoms with Crippen LogP contribution in [0.25, 0.3) is 6.08 Å². The van der Waals surface area contributed by atoms with Crippen LogP contribution in [0.4, 0.5) is 8.63 Å². The first-order valence-electron chi connectivity index (χ1n) is 7.40. The summed E-state index contributed by atoms with van der Waals surface area (Å²) < 4.78 is 41.8. The number of ether oxygens (including phenoxy) is 1. The van der Waals surface area contributed by atoms with Crippen LogP contribution in [-0.2, 0) is 4.65 Å². The molecule has 0 aliphatic carbocycles. The Morgan fingerprint density at radius 2 is 1.71 bits per heavy atom. The highest BCUT2D eigenvalue weighted by Crippen LogP contribution is 2.24. The zero-order chi connectivity index (χ0) is 17.0. The molecule has 0 amide bonds. The van der Waals surface area contributed by atoms with Crippen LogP contribution in [0.5, 0.6) is 5.75 Å². The lowest BCUT2D eigenvalue weighted by Crippen LogP contribution is -2.31. The second kappa shape index (κ2) is 6.70. The van der Waals surface area contributed by atoms with E-state index in [0.29, 0.717) is 5.56 Å². The molecule has 3 nitrogen and oxygen atoms in total. The molecule has 0 fully saturated rings. The molecular weight excluding hydrogens is 313 g/mol. The van der Waals surface area contributed by atoms with E-state index in [9.17, 15) is 8.63 Å². The van der Waals surface area contributed by atoms with Crippen LogP contribution in [0, 0.1) is 0 Å². The van der Waals surface area contributed by atoms with Gasteiger partial charge in [0.15, 0.2) is 0 Å². The molecule has 0 atom stereocenters. The van der Waals surface area contributed by atoms with Gasteiger partial charge in [-0.1, -0.05) is 36.4 Å². The van der Waals surface area contributed by atoms with E-state index in [1.54, 1.807) is 55.7 Å². The summed E-state index contributed by atoms with van der Waals surface area (Å²) in [5.74, 6) is 0.852. The first-order chi connectivity index (χ1) is 11.6. The molecule has 3 rings (SSSR count). The number of allylic oxidation sites excluding steroid dienone is 2. The minimum absolute atomic E-state index is 0.0425. The number of hydrogen-bond donors (Lipinski definition) is 0. The molecule has 24 heavy (non-hydrogen) atoms. The van der Waals surface area contributed by atoms with Crippen molar-refractivity contribution >= 4 is 19.0 Å². The summed E-state index contributed by atoms with van der Waals surface area (Å²) in [6, 6.07) is 15.9. The second-order valence-corrected chi connectivity index (χ2v) is 5.15. The van der Waals surface area contributed by atoms with Crippen molar-refractivity contribution in [3.63, 3.8) is 0 Å². The molecular formula is C18H15BF2O3. The maximum atomic E-state index is 13.7. The lowest BCUT2D eigenvalue weighted by molar-refractivity contribution is -0.188. The maximum absolute atomic E-state index is 13.7. The molecule has 0 radical (unpaired) electrons. The summed E-state index contributed by atoms with van der Waals surface area (Å²) in [5, 5.41) is 0. The van der Waals surface area contributed by atoms with Gasteiger partial charge in [0.2, 0.25) is 0 Å². The SMILES string of the molecule is COc1ccc(/C=C/C2=CC(c3ccccc3)=[O+][B-](F)(F)O2)cc1. The fourth-order valence-corrected chi connectivity index (χ4v) is 2.26. The average molecular weight is 328 g/mol. The summed E-state index contributed by atoms with van der Waals surface area (Å²) in [4.78, 5) is 0. The average Bonchev–Trinajstić information content (AvgIpc) is 2.60. The normalized spacial score (nSPS) is 16.3. The first-order valence-corrected chi connectivity index (χ1v) is 7.40. The Balaban J connectivity index is 1.85. The summed E-state index contributed by atoms with van der Waals surface area (Å²) in [6.45, 7) is 0. The van der Waals surface area contributed by atoms with E-state index in [0.717, 1.165) is 11.3 Å². The third-order valence-electron chi connectivity index (χ3n) is 3.42. The zero-order valence-electron chi connectivity index (χ0n) is 13.0. The van der Waals surface area contributed by atoms with Crippen LogP contribution in [0.3, 0.4) is 0 Å². The van der Waals surface area contributed by atoms with Crippen molar-refractivity contribution in [2.24, 2.45) is 0 Å². The predicted octanol–water partition coefficient (Wildman–Crippen LogP) is 4.42. The summed E-state index contributed by atoms with van der Waals surface area (Å²) in [6.07, 6.45) is 4.63. The second-order valence-electron chi connectivity index (χ2n) is 5.15. The van der Waals surface area contributed by atoms with Crippen molar-refractivity contribution in [1.29, 1.82) is 0 Å². The topological polar surface area (TPSA) is 29.8 Å². The molecule has 1 heterocycles. The molecule has 0 spiro atoms. The molecule has 1 aliphatic rings. The molecule has 122 valence electrons. The summed E-state index contributed by atoms with van der Waals surface area (Å²) in [7, 11) is -2.81. The smallest absolute Gasteiger partial charge is 0.569 e. The molecule has 0 unspecified atom stereocenters. The highest BCUT2D eigenvalue weighted by molar-refractivity contribution is 6.51. The minimum Gasteiger partial charge on any atom is -0.569 e. The number of halogens is 2.